The van der Waals surface area contributed by atoms with E-state index in [2.05, 4.69) is 10.3 Å². The van der Waals surface area contributed by atoms with E-state index in [1.165, 1.54) is 11.3 Å². The van der Waals surface area contributed by atoms with E-state index in [4.69, 9.17) is 5.73 Å². The number of piperidine rings is 1. The predicted molar refractivity (Wildman–Crippen MR) is 115 cm³/mol. The van der Waals surface area contributed by atoms with E-state index in [1.54, 1.807) is 11.3 Å². The van der Waals surface area contributed by atoms with Crippen LogP contribution in [-0.4, -0.2) is 34.9 Å². The van der Waals surface area contributed by atoms with Crippen molar-refractivity contribution in [2.75, 3.05) is 18.4 Å². The predicted octanol–water partition coefficient (Wildman–Crippen LogP) is 4.51. The van der Waals surface area contributed by atoms with E-state index in [0.29, 0.717) is 0 Å². The third-order valence-electron chi connectivity index (χ3n) is 4.15. The summed E-state index contributed by atoms with van der Waals surface area (Å²) in [7, 11) is 0. The molecule has 1 saturated heterocycles. The molecule has 5 nitrogen and oxygen atoms in total. The molecule has 4 rings (SSSR count). The highest BCUT2D eigenvalue weighted by Crippen LogP contribution is 2.34. The van der Waals surface area contributed by atoms with Gasteiger partial charge in [-0.25, -0.2) is 4.98 Å². The van der Waals surface area contributed by atoms with E-state index in [-0.39, 0.29) is 36.8 Å². The molecule has 9 heteroatoms. The van der Waals surface area contributed by atoms with Crippen molar-refractivity contribution < 1.29 is 4.79 Å². The monoisotopic (exact) mass is 430 g/mol. The Morgan fingerprint density at radius 3 is 2.50 bits per heavy atom. The standard InChI is InChI=1S/C17H18N4OS2.2ClH/c18-11-6-8-21(9-7-11)16(22)14-10-13-15(23-14)20-17(24-13)19-12-4-2-1-3-5-12;;/h1-5,10-11H,6-9,18H2,(H,19,20);2*1H. The highest BCUT2D eigenvalue weighted by molar-refractivity contribution is 7.29. The van der Waals surface area contributed by atoms with Crippen LogP contribution in [0.5, 0.6) is 0 Å². The molecule has 26 heavy (non-hydrogen) atoms. The highest BCUT2D eigenvalue weighted by Gasteiger charge is 2.23. The molecule has 1 aromatic carbocycles. The molecular formula is C17H20Cl2N4OS2. The van der Waals surface area contributed by atoms with Gasteiger partial charge in [-0.05, 0) is 31.0 Å². The average Bonchev–Trinajstić information content (AvgIpc) is 3.14. The lowest BCUT2D eigenvalue weighted by Crippen LogP contribution is -2.42. The number of thiophene rings is 1. The minimum absolute atomic E-state index is 0. The van der Waals surface area contributed by atoms with Crippen molar-refractivity contribution in [3.8, 4) is 0 Å². The Bertz CT molecular complexity index is 829. The lowest BCUT2D eigenvalue weighted by atomic mass is 10.1. The Kier molecular flexibility index (Phi) is 7.25. The van der Waals surface area contributed by atoms with Crippen molar-refractivity contribution in [1.82, 2.24) is 9.88 Å². The molecule has 0 spiro atoms. The van der Waals surface area contributed by atoms with Gasteiger partial charge in [0.05, 0.1) is 9.58 Å². The van der Waals surface area contributed by atoms with Gasteiger partial charge in [0.25, 0.3) is 5.91 Å². The molecule has 0 bridgehead atoms. The summed E-state index contributed by atoms with van der Waals surface area (Å²) < 4.78 is 1.05. The molecule has 1 aliphatic heterocycles. The van der Waals surface area contributed by atoms with Crippen molar-refractivity contribution in [2.45, 2.75) is 18.9 Å². The first-order valence-electron chi connectivity index (χ1n) is 7.96. The van der Waals surface area contributed by atoms with Gasteiger partial charge in [0.2, 0.25) is 0 Å². The number of carbonyl (C=O) groups is 1. The number of para-hydroxylation sites is 1. The van der Waals surface area contributed by atoms with Crippen molar-refractivity contribution >= 4 is 73.7 Å². The number of hydrogen-bond donors (Lipinski definition) is 2. The summed E-state index contributed by atoms with van der Waals surface area (Å²) in [6.07, 6.45) is 1.77. The molecule has 1 fully saturated rings. The van der Waals surface area contributed by atoms with Crippen LogP contribution in [0.3, 0.4) is 0 Å². The average molecular weight is 431 g/mol. The maximum absolute atomic E-state index is 12.6. The number of nitrogens with two attached hydrogens (primary N) is 1. The third kappa shape index (κ3) is 4.47. The molecule has 140 valence electrons. The number of amides is 1. The van der Waals surface area contributed by atoms with Gasteiger partial charge in [-0.2, -0.15) is 0 Å². The van der Waals surface area contributed by atoms with E-state index < -0.39 is 0 Å². The fourth-order valence-electron chi connectivity index (χ4n) is 2.80. The minimum Gasteiger partial charge on any atom is -0.338 e. The van der Waals surface area contributed by atoms with Crippen LogP contribution in [0.2, 0.25) is 0 Å². The molecule has 2 aromatic heterocycles. The summed E-state index contributed by atoms with van der Waals surface area (Å²) in [5, 5.41) is 4.15. The van der Waals surface area contributed by atoms with Crippen LogP contribution in [0, 0.1) is 0 Å². The lowest BCUT2D eigenvalue weighted by Gasteiger charge is -2.29. The second kappa shape index (κ2) is 9.01. The number of halogens is 2. The molecule has 1 amide bonds. The van der Waals surface area contributed by atoms with Crippen LogP contribution in [-0.2, 0) is 0 Å². The topological polar surface area (TPSA) is 71.2 Å². The van der Waals surface area contributed by atoms with Crippen LogP contribution in [0.25, 0.3) is 9.53 Å². The Morgan fingerprint density at radius 1 is 1.15 bits per heavy atom. The summed E-state index contributed by atoms with van der Waals surface area (Å²) in [5.74, 6) is 0.106. The highest BCUT2D eigenvalue weighted by atomic mass is 35.5. The first-order valence-corrected chi connectivity index (χ1v) is 9.59. The van der Waals surface area contributed by atoms with Crippen LogP contribution in [0.15, 0.2) is 36.4 Å². The number of benzene rings is 1. The first kappa shape index (κ1) is 20.9. The van der Waals surface area contributed by atoms with E-state index in [0.717, 1.165) is 51.2 Å². The smallest absolute Gasteiger partial charge is 0.264 e. The van der Waals surface area contributed by atoms with Gasteiger partial charge < -0.3 is 16.0 Å². The van der Waals surface area contributed by atoms with Crippen molar-refractivity contribution in [3.05, 3.63) is 41.3 Å². The Hall–Kier alpha value is -1.38. The minimum atomic E-state index is 0. The molecule has 3 heterocycles. The maximum Gasteiger partial charge on any atom is 0.264 e. The number of anilines is 2. The molecule has 3 aromatic rings. The number of hydrogen-bond acceptors (Lipinski definition) is 6. The number of fused-ring (bicyclic) bond motifs is 1. The van der Waals surface area contributed by atoms with Crippen molar-refractivity contribution in [3.63, 3.8) is 0 Å². The molecule has 0 atom stereocenters. The molecule has 0 unspecified atom stereocenters. The number of aromatic nitrogens is 1. The fourth-order valence-corrected chi connectivity index (χ4v) is 4.90. The third-order valence-corrected chi connectivity index (χ3v) is 6.22. The maximum atomic E-state index is 12.6. The largest absolute Gasteiger partial charge is 0.338 e. The van der Waals surface area contributed by atoms with Crippen LogP contribution >= 0.6 is 47.5 Å². The lowest BCUT2D eigenvalue weighted by molar-refractivity contribution is 0.0720. The number of rotatable bonds is 3. The van der Waals surface area contributed by atoms with Crippen LogP contribution < -0.4 is 11.1 Å². The van der Waals surface area contributed by atoms with Gasteiger partial charge >= 0.3 is 0 Å². The van der Waals surface area contributed by atoms with Crippen molar-refractivity contribution in [2.24, 2.45) is 5.73 Å². The summed E-state index contributed by atoms with van der Waals surface area (Å²) in [6.45, 7) is 1.50. The molecule has 3 N–H and O–H groups in total. The molecule has 0 saturated carbocycles. The van der Waals surface area contributed by atoms with Crippen molar-refractivity contribution in [1.29, 1.82) is 0 Å². The number of likely N-dealkylation sites (tertiary alicyclic amines) is 1. The van der Waals surface area contributed by atoms with Gasteiger partial charge in [0.15, 0.2) is 5.13 Å². The summed E-state index contributed by atoms with van der Waals surface area (Å²) in [4.78, 5) is 20.8. The van der Waals surface area contributed by atoms with Crippen LogP contribution in [0.1, 0.15) is 22.5 Å². The fraction of sp³-hybridized carbons (Fsp3) is 0.294. The number of nitrogens with one attached hydrogen (secondary N) is 1. The summed E-state index contributed by atoms with van der Waals surface area (Å²) in [5.41, 5.74) is 6.92. The molecule has 0 aliphatic carbocycles. The zero-order chi connectivity index (χ0) is 16.5. The van der Waals surface area contributed by atoms with E-state index in [1.807, 2.05) is 41.3 Å². The zero-order valence-corrected chi connectivity index (χ0v) is 17.1. The van der Waals surface area contributed by atoms with Gasteiger partial charge in [0, 0.05) is 24.8 Å². The van der Waals surface area contributed by atoms with Gasteiger partial charge in [-0.3, -0.25) is 4.79 Å². The van der Waals surface area contributed by atoms with E-state index in [9.17, 15) is 4.79 Å². The second-order valence-electron chi connectivity index (χ2n) is 5.92. The molecule has 1 aliphatic rings. The van der Waals surface area contributed by atoms with E-state index >= 15 is 0 Å². The Balaban J connectivity index is 0.00000121. The number of thiazole rings is 1. The molecular weight excluding hydrogens is 411 g/mol. The Labute approximate surface area is 172 Å². The zero-order valence-electron chi connectivity index (χ0n) is 13.9. The van der Waals surface area contributed by atoms with Crippen LogP contribution in [0.4, 0.5) is 10.8 Å². The normalized spacial score (nSPS) is 14.6. The number of carbonyl (C=O) groups excluding carboxylic acids is 1. The first-order chi connectivity index (χ1) is 11.7. The van der Waals surface area contributed by atoms with Gasteiger partial charge in [-0.1, -0.05) is 29.5 Å². The quantitative estimate of drug-likeness (QED) is 0.640. The van der Waals surface area contributed by atoms with Gasteiger partial charge in [-0.15, -0.1) is 36.2 Å². The Morgan fingerprint density at radius 2 is 1.85 bits per heavy atom. The summed E-state index contributed by atoms with van der Waals surface area (Å²) >= 11 is 3.04. The van der Waals surface area contributed by atoms with Gasteiger partial charge in [0.1, 0.15) is 4.83 Å². The SMILES string of the molecule is Cl.Cl.NC1CCN(C(=O)c2cc3sc(Nc4ccccc4)nc3s2)CC1. The molecule has 0 radical (unpaired) electrons. The number of nitrogens with zero attached hydrogens (tertiary/aromatic N) is 2. The summed E-state index contributed by atoms with van der Waals surface area (Å²) in [6, 6.07) is 12.2. The second-order valence-corrected chi connectivity index (χ2v) is 7.98.